The quantitative estimate of drug-likeness (QED) is 0.238. The minimum absolute atomic E-state index is 0.0446. The lowest BCUT2D eigenvalue weighted by Gasteiger charge is -1.97. The lowest BCUT2D eigenvalue weighted by atomic mass is 10.2. The van der Waals surface area contributed by atoms with Gasteiger partial charge in [-0.2, -0.15) is 10.2 Å². The summed E-state index contributed by atoms with van der Waals surface area (Å²) in [7, 11) is 0. The summed E-state index contributed by atoms with van der Waals surface area (Å²) >= 11 is 0. The van der Waals surface area contributed by atoms with Gasteiger partial charge in [-0.05, 0) is 24.3 Å². The molecule has 0 aliphatic rings. The Kier molecular flexibility index (Phi) is 5.26. The van der Waals surface area contributed by atoms with Crippen LogP contribution in [0.4, 0.5) is 0 Å². The van der Waals surface area contributed by atoms with E-state index in [1.54, 1.807) is 12.4 Å². The number of benzene rings is 2. The number of carbonyl (C=O) groups is 2. The van der Waals surface area contributed by atoms with Crippen LogP contribution in [0.2, 0.25) is 0 Å². The van der Waals surface area contributed by atoms with Crippen LogP contribution >= 0.6 is 0 Å². The molecule has 9 heteroatoms. The van der Waals surface area contributed by atoms with Crippen molar-refractivity contribution in [2.75, 3.05) is 0 Å². The molecule has 0 radical (unpaired) electrons. The van der Waals surface area contributed by atoms with Crippen molar-refractivity contribution in [3.05, 3.63) is 95.7 Å². The first-order valence-electron chi connectivity index (χ1n) is 10.1. The summed E-state index contributed by atoms with van der Waals surface area (Å²) in [5.41, 5.74) is 8.39. The van der Waals surface area contributed by atoms with E-state index in [0.717, 1.165) is 32.9 Å². The Balaban J connectivity index is 1.19. The van der Waals surface area contributed by atoms with Crippen LogP contribution < -0.4 is 10.9 Å². The first-order chi connectivity index (χ1) is 16.2. The number of aromatic amines is 2. The van der Waals surface area contributed by atoms with Crippen molar-refractivity contribution in [3.63, 3.8) is 0 Å². The molecule has 0 saturated heterocycles. The number of furan rings is 1. The molecular weight excluding hydrogens is 420 g/mol. The normalized spacial score (nSPS) is 11.6. The highest BCUT2D eigenvalue weighted by atomic mass is 16.4. The number of nitrogens with one attached hydrogen (secondary N) is 4. The molecule has 162 valence electrons. The fraction of sp³-hybridized carbons (Fsp3) is 0. The monoisotopic (exact) mass is 438 g/mol. The zero-order valence-electron chi connectivity index (χ0n) is 17.2. The Morgan fingerprint density at radius 2 is 1.15 bits per heavy atom. The third kappa shape index (κ3) is 4.15. The van der Waals surface area contributed by atoms with Gasteiger partial charge < -0.3 is 14.4 Å². The molecule has 5 rings (SSSR count). The summed E-state index contributed by atoms with van der Waals surface area (Å²) < 4.78 is 5.34. The maximum atomic E-state index is 12.3. The largest absolute Gasteiger partial charge is 0.446 e. The average Bonchev–Trinajstić information content (AvgIpc) is 3.58. The van der Waals surface area contributed by atoms with Gasteiger partial charge in [0.1, 0.15) is 0 Å². The van der Waals surface area contributed by atoms with E-state index < -0.39 is 11.8 Å². The number of hydrogen-bond acceptors (Lipinski definition) is 5. The number of nitrogens with zero attached hydrogens (tertiary/aromatic N) is 2. The Hall–Kier alpha value is -4.92. The smallest absolute Gasteiger partial charge is 0.307 e. The summed E-state index contributed by atoms with van der Waals surface area (Å²) in [6.45, 7) is 0. The Morgan fingerprint density at radius 3 is 1.64 bits per heavy atom. The van der Waals surface area contributed by atoms with Gasteiger partial charge in [-0.15, -0.1) is 0 Å². The summed E-state index contributed by atoms with van der Waals surface area (Å²) in [6, 6.07) is 18.3. The molecule has 0 spiro atoms. The molecule has 2 amide bonds. The van der Waals surface area contributed by atoms with Crippen LogP contribution in [0.1, 0.15) is 32.2 Å². The van der Waals surface area contributed by atoms with Crippen LogP contribution in [-0.4, -0.2) is 34.2 Å². The summed E-state index contributed by atoms with van der Waals surface area (Å²) in [5.74, 6) is -1.24. The second-order valence-electron chi connectivity index (χ2n) is 7.14. The van der Waals surface area contributed by atoms with Gasteiger partial charge in [-0.3, -0.25) is 9.59 Å². The molecule has 0 aliphatic carbocycles. The van der Waals surface area contributed by atoms with Crippen LogP contribution in [0.15, 0.2) is 87.7 Å². The third-order valence-electron chi connectivity index (χ3n) is 5.04. The van der Waals surface area contributed by atoms with E-state index in [0.29, 0.717) is 0 Å². The highest BCUT2D eigenvalue weighted by Gasteiger charge is 2.15. The SMILES string of the molecule is O=C(N/N=C\c1c[nH]c2ccccc12)c1ccc(C(=O)N/N=C/c2c[nH]c3ccccc23)o1. The van der Waals surface area contributed by atoms with E-state index in [-0.39, 0.29) is 11.5 Å². The summed E-state index contributed by atoms with van der Waals surface area (Å²) in [5, 5.41) is 9.90. The topological polar surface area (TPSA) is 128 Å². The molecular formula is C24H18N6O3. The van der Waals surface area contributed by atoms with Gasteiger partial charge in [-0.1, -0.05) is 36.4 Å². The molecule has 0 aliphatic heterocycles. The van der Waals surface area contributed by atoms with E-state index >= 15 is 0 Å². The van der Waals surface area contributed by atoms with Crippen LogP contribution in [0.5, 0.6) is 0 Å². The number of amides is 2. The van der Waals surface area contributed by atoms with Crippen LogP contribution in [0.3, 0.4) is 0 Å². The fourth-order valence-corrected chi connectivity index (χ4v) is 3.41. The van der Waals surface area contributed by atoms with Crippen molar-refractivity contribution >= 4 is 46.0 Å². The number of para-hydroxylation sites is 2. The number of fused-ring (bicyclic) bond motifs is 2. The minimum atomic E-state index is -0.576. The van der Waals surface area contributed by atoms with Gasteiger partial charge >= 0.3 is 11.8 Å². The molecule has 0 atom stereocenters. The highest BCUT2D eigenvalue weighted by Crippen LogP contribution is 2.16. The molecule has 3 aromatic heterocycles. The Morgan fingerprint density at radius 1 is 0.697 bits per heavy atom. The fourth-order valence-electron chi connectivity index (χ4n) is 3.41. The van der Waals surface area contributed by atoms with Gasteiger partial charge in [0, 0.05) is 45.3 Å². The van der Waals surface area contributed by atoms with Gasteiger partial charge in [0.2, 0.25) is 0 Å². The number of hydrazone groups is 2. The van der Waals surface area contributed by atoms with E-state index in [2.05, 4.69) is 31.0 Å². The second kappa shape index (κ2) is 8.67. The Bertz CT molecular complexity index is 1410. The minimum Gasteiger partial charge on any atom is -0.446 e. The van der Waals surface area contributed by atoms with E-state index in [9.17, 15) is 9.59 Å². The maximum absolute atomic E-state index is 12.3. The lowest BCUT2D eigenvalue weighted by Crippen LogP contribution is -2.18. The molecule has 0 unspecified atom stereocenters. The average molecular weight is 438 g/mol. The molecule has 0 fully saturated rings. The zero-order valence-corrected chi connectivity index (χ0v) is 17.2. The van der Waals surface area contributed by atoms with Gasteiger partial charge in [0.15, 0.2) is 11.5 Å². The molecule has 9 nitrogen and oxygen atoms in total. The predicted molar refractivity (Wildman–Crippen MR) is 125 cm³/mol. The molecule has 4 N–H and O–H groups in total. The number of rotatable bonds is 6. The van der Waals surface area contributed by atoms with E-state index in [1.807, 2.05) is 48.5 Å². The zero-order chi connectivity index (χ0) is 22.6. The van der Waals surface area contributed by atoms with Gasteiger partial charge in [-0.25, -0.2) is 10.9 Å². The second-order valence-corrected chi connectivity index (χ2v) is 7.14. The summed E-state index contributed by atoms with van der Waals surface area (Å²) in [4.78, 5) is 30.8. The number of hydrogen-bond donors (Lipinski definition) is 4. The van der Waals surface area contributed by atoms with E-state index in [4.69, 9.17) is 4.42 Å². The van der Waals surface area contributed by atoms with Crippen molar-refractivity contribution in [1.82, 2.24) is 20.8 Å². The van der Waals surface area contributed by atoms with Gasteiger partial charge in [0.25, 0.3) is 0 Å². The molecule has 2 aromatic carbocycles. The first kappa shape index (κ1) is 20.0. The third-order valence-corrected chi connectivity index (χ3v) is 5.04. The standard InChI is InChI=1S/C24H18N6O3/c31-23(29-27-13-15-11-25-19-7-3-1-5-17(15)19)21-9-10-22(33-21)24(32)30-28-14-16-12-26-20-8-4-2-6-18(16)20/h1-14,25-26H,(H,29,31)(H,30,32)/b27-13-,28-14+. The molecule has 33 heavy (non-hydrogen) atoms. The van der Waals surface area contributed by atoms with Crippen molar-refractivity contribution in [3.8, 4) is 0 Å². The molecule has 0 bridgehead atoms. The van der Waals surface area contributed by atoms with Crippen molar-refractivity contribution in [1.29, 1.82) is 0 Å². The predicted octanol–water partition coefficient (Wildman–Crippen LogP) is 3.77. The summed E-state index contributed by atoms with van der Waals surface area (Å²) in [6.07, 6.45) is 6.67. The molecule has 5 aromatic rings. The van der Waals surface area contributed by atoms with Crippen molar-refractivity contribution in [2.45, 2.75) is 0 Å². The molecule has 3 heterocycles. The lowest BCUT2D eigenvalue weighted by molar-refractivity contribution is 0.0902. The van der Waals surface area contributed by atoms with E-state index in [1.165, 1.54) is 24.6 Å². The van der Waals surface area contributed by atoms with Crippen LogP contribution in [-0.2, 0) is 0 Å². The van der Waals surface area contributed by atoms with Crippen LogP contribution in [0, 0.1) is 0 Å². The first-order valence-corrected chi connectivity index (χ1v) is 10.1. The number of H-pyrrole nitrogens is 2. The Labute approximate surface area is 187 Å². The number of aromatic nitrogens is 2. The van der Waals surface area contributed by atoms with Crippen LogP contribution in [0.25, 0.3) is 21.8 Å². The van der Waals surface area contributed by atoms with Crippen molar-refractivity contribution < 1.29 is 14.0 Å². The number of carbonyl (C=O) groups excluding carboxylic acids is 2. The van der Waals surface area contributed by atoms with Crippen molar-refractivity contribution in [2.24, 2.45) is 10.2 Å². The maximum Gasteiger partial charge on any atom is 0.307 e. The highest BCUT2D eigenvalue weighted by molar-refractivity contribution is 6.01. The molecule has 0 saturated carbocycles. The van der Waals surface area contributed by atoms with Gasteiger partial charge in [0.05, 0.1) is 12.4 Å².